The van der Waals surface area contributed by atoms with Crippen LogP contribution in [-0.2, 0) is 14.1 Å². The summed E-state index contributed by atoms with van der Waals surface area (Å²) in [5.74, 6) is 0.659. The standard InChI is InChI=1S/C17H17N5O3/c1-8-11-12(9-5-4-6-10(23)7-9)13-15(18-14(11)20-19-8)21(2)17(25)22(3)16(13)24/h4-7,12,23H,1-3H3,(H2,18,19,20). The second-order valence-corrected chi connectivity index (χ2v) is 6.23. The maximum absolute atomic E-state index is 12.9. The van der Waals surface area contributed by atoms with Gasteiger partial charge in [-0.15, -0.1) is 0 Å². The van der Waals surface area contributed by atoms with Gasteiger partial charge in [-0.1, -0.05) is 12.1 Å². The number of aromatic amines is 1. The Bertz CT molecular complexity index is 1120. The highest BCUT2D eigenvalue weighted by atomic mass is 16.3. The molecule has 1 aliphatic heterocycles. The van der Waals surface area contributed by atoms with E-state index in [1.165, 1.54) is 11.6 Å². The quantitative estimate of drug-likeness (QED) is 0.481. The number of hydrogen-bond donors (Lipinski definition) is 3. The van der Waals surface area contributed by atoms with Gasteiger partial charge in [0.15, 0.2) is 5.82 Å². The van der Waals surface area contributed by atoms with E-state index in [2.05, 4.69) is 15.5 Å². The number of aromatic hydroxyl groups is 1. The number of H-pyrrole nitrogens is 1. The molecule has 8 heteroatoms. The third-order valence-electron chi connectivity index (χ3n) is 4.71. The molecule has 0 saturated heterocycles. The normalized spacial score (nSPS) is 15.4. The minimum absolute atomic E-state index is 0.113. The summed E-state index contributed by atoms with van der Waals surface area (Å²) in [4.78, 5) is 25.2. The number of anilines is 2. The molecule has 3 heterocycles. The Kier molecular flexibility index (Phi) is 3.11. The molecule has 3 aromatic rings. The molecule has 8 nitrogen and oxygen atoms in total. The van der Waals surface area contributed by atoms with Crippen molar-refractivity contribution < 1.29 is 5.11 Å². The first-order valence-electron chi connectivity index (χ1n) is 7.81. The van der Waals surface area contributed by atoms with E-state index in [4.69, 9.17) is 0 Å². The highest BCUT2D eigenvalue weighted by molar-refractivity contribution is 5.71. The van der Waals surface area contributed by atoms with Gasteiger partial charge in [0.1, 0.15) is 11.6 Å². The van der Waals surface area contributed by atoms with Crippen LogP contribution in [0.5, 0.6) is 5.75 Å². The molecular formula is C17H17N5O3. The summed E-state index contributed by atoms with van der Waals surface area (Å²) in [5.41, 5.74) is 2.06. The van der Waals surface area contributed by atoms with Gasteiger partial charge in [-0.25, -0.2) is 4.79 Å². The molecule has 3 N–H and O–H groups in total. The van der Waals surface area contributed by atoms with Crippen molar-refractivity contribution in [3.63, 3.8) is 0 Å². The molecule has 1 aromatic carbocycles. The van der Waals surface area contributed by atoms with Gasteiger partial charge in [-0.2, -0.15) is 5.10 Å². The van der Waals surface area contributed by atoms with E-state index in [1.54, 1.807) is 25.2 Å². The zero-order valence-electron chi connectivity index (χ0n) is 14.0. The summed E-state index contributed by atoms with van der Waals surface area (Å²) in [7, 11) is 3.07. The van der Waals surface area contributed by atoms with Gasteiger partial charge in [-0.05, 0) is 24.6 Å². The summed E-state index contributed by atoms with van der Waals surface area (Å²) >= 11 is 0. The van der Waals surface area contributed by atoms with Crippen molar-refractivity contribution in [3.8, 4) is 5.75 Å². The molecule has 2 aromatic heterocycles. The van der Waals surface area contributed by atoms with Crippen LogP contribution in [0, 0.1) is 6.92 Å². The lowest BCUT2D eigenvalue weighted by molar-refractivity contribution is 0.474. The van der Waals surface area contributed by atoms with Crippen molar-refractivity contribution in [1.29, 1.82) is 0 Å². The number of nitrogens with zero attached hydrogens (tertiary/aromatic N) is 3. The molecular weight excluding hydrogens is 322 g/mol. The molecule has 25 heavy (non-hydrogen) atoms. The zero-order valence-corrected chi connectivity index (χ0v) is 14.0. The van der Waals surface area contributed by atoms with Gasteiger partial charge in [0.25, 0.3) is 5.56 Å². The Morgan fingerprint density at radius 3 is 2.64 bits per heavy atom. The van der Waals surface area contributed by atoms with Gasteiger partial charge < -0.3 is 10.4 Å². The molecule has 0 fully saturated rings. The summed E-state index contributed by atoms with van der Waals surface area (Å²) in [5, 5.41) is 20.2. The maximum Gasteiger partial charge on any atom is 0.332 e. The number of nitrogens with one attached hydrogen (secondary N) is 2. The van der Waals surface area contributed by atoms with E-state index >= 15 is 0 Å². The van der Waals surface area contributed by atoms with Crippen molar-refractivity contribution in [1.82, 2.24) is 19.3 Å². The third-order valence-corrected chi connectivity index (χ3v) is 4.71. The topological polar surface area (TPSA) is 105 Å². The zero-order chi connectivity index (χ0) is 17.9. The molecule has 1 unspecified atom stereocenters. The molecule has 0 amide bonds. The van der Waals surface area contributed by atoms with Crippen LogP contribution >= 0.6 is 0 Å². The van der Waals surface area contributed by atoms with Crippen LogP contribution < -0.4 is 16.6 Å². The molecule has 128 valence electrons. The summed E-state index contributed by atoms with van der Waals surface area (Å²) < 4.78 is 2.50. The monoisotopic (exact) mass is 339 g/mol. The van der Waals surface area contributed by atoms with Crippen LogP contribution in [0.3, 0.4) is 0 Å². The Hall–Kier alpha value is -3.29. The second-order valence-electron chi connectivity index (χ2n) is 6.23. The third kappa shape index (κ3) is 2.03. The number of phenols is 1. The largest absolute Gasteiger partial charge is 0.508 e. The molecule has 0 spiro atoms. The number of aromatic nitrogens is 4. The van der Waals surface area contributed by atoms with Crippen LogP contribution in [0.4, 0.5) is 11.6 Å². The average Bonchev–Trinajstić information content (AvgIpc) is 2.97. The lowest BCUT2D eigenvalue weighted by Crippen LogP contribution is -2.42. The first-order valence-corrected chi connectivity index (χ1v) is 7.81. The number of phenolic OH excluding ortho intramolecular Hbond substituents is 1. The summed E-state index contributed by atoms with van der Waals surface area (Å²) in [6, 6.07) is 6.78. The molecule has 1 aliphatic rings. The van der Waals surface area contributed by atoms with Gasteiger partial charge in [0.2, 0.25) is 0 Å². The van der Waals surface area contributed by atoms with Crippen molar-refractivity contribution in [3.05, 3.63) is 67.5 Å². The van der Waals surface area contributed by atoms with E-state index in [0.717, 1.165) is 21.4 Å². The number of benzene rings is 1. The maximum atomic E-state index is 12.9. The van der Waals surface area contributed by atoms with Crippen LogP contribution in [-0.4, -0.2) is 24.4 Å². The molecule has 0 saturated carbocycles. The Balaban J connectivity index is 2.13. The summed E-state index contributed by atoms with van der Waals surface area (Å²) in [6.45, 7) is 1.88. The lowest BCUT2D eigenvalue weighted by Gasteiger charge is -2.28. The Labute approximate surface area is 142 Å². The molecule has 4 rings (SSSR count). The molecule has 1 atom stereocenters. The molecule has 0 bridgehead atoms. The minimum atomic E-state index is -0.442. The van der Waals surface area contributed by atoms with E-state index < -0.39 is 11.6 Å². The predicted octanol–water partition coefficient (Wildman–Crippen LogP) is 1.06. The Morgan fingerprint density at radius 2 is 1.92 bits per heavy atom. The van der Waals surface area contributed by atoms with Gasteiger partial charge in [-0.3, -0.25) is 19.0 Å². The predicted molar refractivity (Wildman–Crippen MR) is 92.6 cm³/mol. The van der Waals surface area contributed by atoms with E-state index in [-0.39, 0.29) is 11.3 Å². The fourth-order valence-electron chi connectivity index (χ4n) is 3.46. The number of aryl methyl sites for hydroxylation is 1. The highest BCUT2D eigenvalue weighted by Crippen LogP contribution is 2.43. The van der Waals surface area contributed by atoms with Crippen molar-refractivity contribution in [2.75, 3.05) is 5.32 Å². The van der Waals surface area contributed by atoms with Crippen molar-refractivity contribution in [2.24, 2.45) is 14.1 Å². The van der Waals surface area contributed by atoms with E-state index in [1.807, 2.05) is 13.0 Å². The highest BCUT2D eigenvalue weighted by Gasteiger charge is 2.35. The first kappa shape index (κ1) is 15.3. The SMILES string of the molecule is Cc1[nH]nc2c1C(c1cccc(O)c1)c1c(n(C)c(=O)n(C)c1=O)N2. The van der Waals surface area contributed by atoms with Crippen LogP contribution in [0.25, 0.3) is 0 Å². The average molecular weight is 339 g/mol. The lowest BCUT2D eigenvalue weighted by atomic mass is 9.83. The summed E-state index contributed by atoms with van der Waals surface area (Å²) in [6.07, 6.45) is 0. The number of hydrogen-bond acceptors (Lipinski definition) is 5. The Morgan fingerprint density at radius 1 is 1.16 bits per heavy atom. The minimum Gasteiger partial charge on any atom is -0.508 e. The number of fused-ring (bicyclic) bond motifs is 2. The number of rotatable bonds is 1. The first-order chi connectivity index (χ1) is 11.9. The van der Waals surface area contributed by atoms with Crippen LogP contribution in [0.15, 0.2) is 33.9 Å². The fraction of sp³-hybridized carbons (Fsp3) is 0.235. The fourth-order valence-corrected chi connectivity index (χ4v) is 3.46. The van der Waals surface area contributed by atoms with Gasteiger partial charge >= 0.3 is 5.69 Å². The van der Waals surface area contributed by atoms with Crippen molar-refractivity contribution in [2.45, 2.75) is 12.8 Å². The second kappa shape index (κ2) is 5.10. The van der Waals surface area contributed by atoms with Crippen LogP contribution in [0.1, 0.15) is 28.3 Å². The molecule has 0 radical (unpaired) electrons. The van der Waals surface area contributed by atoms with E-state index in [0.29, 0.717) is 17.2 Å². The van der Waals surface area contributed by atoms with Crippen molar-refractivity contribution >= 4 is 11.6 Å². The smallest absolute Gasteiger partial charge is 0.332 e. The molecule has 0 aliphatic carbocycles. The van der Waals surface area contributed by atoms with Gasteiger partial charge in [0, 0.05) is 31.3 Å². The van der Waals surface area contributed by atoms with E-state index in [9.17, 15) is 14.7 Å². The van der Waals surface area contributed by atoms with Crippen LogP contribution in [0.2, 0.25) is 0 Å². The van der Waals surface area contributed by atoms with Gasteiger partial charge in [0.05, 0.1) is 5.56 Å².